The fourth-order valence-corrected chi connectivity index (χ4v) is 6.46. The van der Waals surface area contributed by atoms with Crippen molar-refractivity contribution in [3.63, 3.8) is 0 Å². The molecule has 8 heteroatoms. The summed E-state index contributed by atoms with van der Waals surface area (Å²) < 4.78 is 28.0. The molecule has 1 heterocycles. The van der Waals surface area contributed by atoms with Gasteiger partial charge in [0.05, 0.1) is 28.6 Å². The zero-order valence-electron chi connectivity index (χ0n) is 21.6. The molecule has 0 spiro atoms. The number of ketones is 1. The summed E-state index contributed by atoms with van der Waals surface area (Å²) in [4.78, 5) is 25.1. The van der Waals surface area contributed by atoms with Gasteiger partial charge >= 0.3 is 6.16 Å². The van der Waals surface area contributed by atoms with Crippen molar-refractivity contribution in [2.24, 2.45) is 0 Å². The first-order chi connectivity index (χ1) is 19.4. The zero-order valence-corrected chi connectivity index (χ0v) is 23.2. The molecule has 4 aromatic carbocycles. The van der Waals surface area contributed by atoms with Gasteiger partial charge in [0.25, 0.3) is 0 Å². The molecular weight excluding hydrogens is 548 g/mol. The quantitative estimate of drug-likeness (QED) is 0.119. The molecule has 1 aliphatic heterocycles. The maximum atomic E-state index is 12.8. The number of hydrogen-bond acceptors (Lipinski definition) is 6. The van der Waals surface area contributed by atoms with Crippen LogP contribution < -0.4 is 9.47 Å². The second-order valence-electron chi connectivity index (χ2n) is 8.97. The van der Waals surface area contributed by atoms with Crippen LogP contribution in [0, 0.1) is 0 Å². The molecule has 0 radical (unpaired) electrons. The van der Waals surface area contributed by atoms with Crippen LogP contribution in [0.4, 0.5) is 4.79 Å². The van der Waals surface area contributed by atoms with E-state index in [4.69, 9.17) is 21.1 Å². The van der Waals surface area contributed by atoms with Crippen molar-refractivity contribution in [1.29, 1.82) is 0 Å². The van der Waals surface area contributed by atoms with Gasteiger partial charge in [-0.15, -0.1) is 0 Å². The first-order valence-electron chi connectivity index (χ1n) is 12.6. The molecule has 0 saturated heterocycles. The number of halogens is 1. The molecule has 1 aliphatic carbocycles. The summed E-state index contributed by atoms with van der Waals surface area (Å²) in [6.45, 7) is 5.93. The van der Waals surface area contributed by atoms with Crippen LogP contribution in [0.2, 0.25) is 5.02 Å². The third-order valence-electron chi connectivity index (χ3n) is 6.43. The van der Waals surface area contributed by atoms with E-state index in [2.05, 4.69) is 18.2 Å². The highest BCUT2D eigenvalue weighted by atomic mass is 35.5. The van der Waals surface area contributed by atoms with E-state index in [1.807, 2.05) is 54.6 Å². The molecule has 0 fully saturated rings. The van der Waals surface area contributed by atoms with Crippen LogP contribution in [0.5, 0.6) is 11.5 Å². The highest BCUT2D eigenvalue weighted by Gasteiger charge is 2.28. The summed E-state index contributed by atoms with van der Waals surface area (Å²) in [5.74, 6) is 0.883. The van der Waals surface area contributed by atoms with E-state index in [-0.39, 0.29) is 11.5 Å². The molecular formula is C32H25ClO6S. The van der Waals surface area contributed by atoms with Crippen molar-refractivity contribution >= 4 is 34.3 Å². The lowest BCUT2D eigenvalue weighted by Gasteiger charge is -2.22. The Morgan fingerprint density at radius 1 is 0.975 bits per heavy atom. The summed E-state index contributed by atoms with van der Waals surface area (Å²) in [5, 5.41) is 0.659. The highest BCUT2D eigenvalue weighted by molar-refractivity contribution is 7.85. The Morgan fingerprint density at radius 3 is 2.48 bits per heavy atom. The number of rotatable bonds is 5. The normalized spacial score (nSPS) is 13.9. The van der Waals surface area contributed by atoms with Crippen LogP contribution in [-0.4, -0.2) is 22.8 Å². The van der Waals surface area contributed by atoms with Crippen molar-refractivity contribution in [3.05, 3.63) is 119 Å². The van der Waals surface area contributed by atoms with Crippen molar-refractivity contribution in [2.75, 3.05) is 6.61 Å². The van der Waals surface area contributed by atoms with E-state index in [0.717, 1.165) is 44.7 Å². The van der Waals surface area contributed by atoms with E-state index < -0.39 is 17.0 Å². The lowest BCUT2D eigenvalue weighted by Crippen LogP contribution is -2.12. The Hall–Kier alpha value is -4.20. The molecule has 6 rings (SSSR count). The topological polar surface area (TPSA) is 78.9 Å². The number of fused-ring (bicyclic) bond motifs is 5. The second-order valence-corrected chi connectivity index (χ2v) is 10.8. The minimum Gasteiger partial charge on any atom is -0.492 e. The number of hydrogen-bond donors (Lipinski definition) is 0. The van der Waals surface area contributed by atoms with E-state index in [1.165, 1.54) is 0 Å². The molecule has 0 saturated carbocycles. The molecule has 0 aromatic heterocycles. The maximum Gasteiger partial charge on any atom is 0.518 e. The van der Waals surface area contributed by atoms with Gasteiger partial charge in [0.1, 0.15) is 11.5 Å². The lowest BCUT2D eigenvalue weighted by molar-refractivity contribution is 0.104. The molecule has 40 heavy (non-hydrogen) atoms. The standard InChI is InChI=1S/C16H15ClO2S.C16H10O4/c1-2-9-19-14-8-7-13(17)12-10-11-5-3-4-6-15(11)20(18)16(12)14;1-2-19-16(18)20-10-7-8-12-11-5-3-4-6-13(11)15(17)14(12)9-10/h3-8H,2,9-10H2,1H3;2-9H,1H2. The Balaban J connectivity index is 0.000000161. The fraction of sp³-hybridized carbons (Fsp3) is 0.125. The Bertz CT molecular complexity index is 1660. The summed E-state index contributed by atoms with van der Waals surface area (Å²) in [5.41, 5.74) is 4.93. The van der Waals surface area contributed by atoms with E-state index in [0.29, 0.717) is 34.9 Å². The molecule has 2 aliphatic rings. The summed E-state index contributed by atoms with van der Waals surface area (Å²) >= 11 is 6.29. The molecule has 6 nitrogen and oxygen atoms in total. The van der Waals surface area contributed by atoms with Crippen LogP contribution in [0.15, 0.2) is 101 Å². The second kappa shape index (κ2) is 11.9. The van der Waals surface area contributed by atoms with Crippen LogP contribution >= 0.6 is 11.6 Å². The first kappa shape index (κ1) is 27.4. The third kappa shape index (κ3) is 5.30. The average molecular weight is 573 g/mol. The lowest BCUT2D eigenvalue weighted by atomic mass is 10.0. The summed E-state index contributed by atoms with van der Waals surface area (Å²) in [6.07, 6.45) is 1.72. The molecule has 202 valence electrons. The molecule has 0 bridgehead atoms. The molecule has 4 aromatic rings. The van der Waals surface area contributed by atoms with E-state index in [1.54, 1.807) is 24.3 Å². The predicted molar refractivity (Wildman–Crippen MR) is 154 cm³/mol. The van der Waals surface area contributed by atoms with Gasteiger partial charge < -0.3 is 14.2 Å². The van der Waals surface area contributed by atoms with E-state index >= 15 is 0 Å². The number of carbonyl (C=O) groups excluding carboxylic acids is 2. The number of carbonyl (C=O) groups is 2. The van der Waals surface area contributed by atoms with E-state index in [9.17, 15) is 13.8 Å². The fourth-order valence-electron chi connectivity index (χ4n) is 4.67. The molecule has 1 atom stereocenters. The van der Waals surface area contributed by atoms with Gasteiger partial charge in [0.15, 0.2) is 5.78 Å². The zero-order chi connectivity index (χ0) is 28.2. The minimum atomic E-state index is -1.22. The van der Waals surface area contributed by atoms with Crippen molar-refractivity contribution in [2.45, 2.75) is 29.6 Å². The summed E-state index contributed by atoms with van der Waals surface area (Å²) in [6, 6.07) is 23.8. The van der Waals surface area contributed by atoms with Crippen molar-refractivity contribution in [3.8, 4) is 22.6 Å². The van der Waals surface area contributed by atoms with Gasteiger partial charge in [-0.2, -0.15) is 0 Å². The van der Waals surface area contributed by atoms with Gasteiger partial charge in [-0.25, -0.2) is 9.00 Å². The van der Waals surface area contributed by atoms with Gasteiger partial charge in [0, 0.05) is 27.5 Å². The first-order valence-corrected chi connectivity index (χ1v) is 14.2. The Labute approximate surface area is 239 Å². The molecule has 0 amide bonds. The Morgan fingerprint density at radius 2 is 1.70 bits per heavy atom. The Kier molecular flexibility index (Phi) is 8.14. The van der Waals surface area contributed by atoms with Crippen LogP contribution in [0.1, 0.15) is 40.4 Å². The maximum absolute atomic E-state index is 12.8. The highest BCUT2D eigenvalue weighted by Crippen LogP contribution is 2.41. The van der Waals surface area contributed by atoms with Gasteiger partial charge in [0.2, 0.25) is 0 Å². The van der Waals surface area contributed by atoms with Gasteiger partial charge in [-0.05, 0) is 65.1 Å². The van der Waals surface area contributed by atoms with Gasteiger partial charge in [-0.1, -0.05) is 67.6 Å². The third-order valence-corrected chi connectivity index (χ3v) is 8.40. The van der Waals surface area contributed by atoms with Crippen LogP contribution in [0.3, 0.4) is 0 Å². The van der Waals surface area contributed by atoms with Crippen molar-refractivity contribution in [1.82, 2.24) is 0 Å². The molecule has 0 N–H and O–H groups in total. The van der Waals surface area contributed by atoms with Crippen LogP contribution in [0.25, 0.3) is 11.1 Å². The average Bonchev–Trinajstić information content (AvgIpc) is 3.25. The number of ether oxygens (including phenoxy) is 3. The number of benzene rings is 4. The minimum absolute atomic E-state index is 0.0712. The van der Waals surface area contributed by atoms with Crippen molar-refractivity contribution < 1.29 is 28.0 Å². The largest absolute Gasteiger partial charge is 0.518 e. The summed E-state index contributed by atoms with van der Waals surface area (Å²) in [7, 11) is -1.22. The van der Waals surface area contributed by atoms with Gasteiger partial charge in [-0.3, -0.25) is 4.79 Å². The SMILES string of the molecule is C=COC(=O)Oc1ccc2c(c1)C(=O)c1ccccc1-2.CCCOc1ccc(Cl)c2c1S(=O)c1ccccc1C2. The molecule has 1 unspecified atom stereocenters. The smallest absolute Gasteiger partial charge is 0.492 e. The monoisotopic (exact) mass is 572 g/mol. The predicted octanol–water partition coefficient (Wildman–Crippen LogP) is 7.76. The van der Waals surface area contributed by atoms with Crippen LogP contribution in [-0.2, 0) is 22.0 Å².